The van der Waals surface area contributed by atoms with Crippen molar-refractivity contribution < 1.29 is 9.26 Å². The van der Waals surface area contributed by atoms with Crippen molar-refractivity contribution >= 4 is 0 Å². The molecule has 5 heteroatoms. The van der Waals surface area contributed by atoms with E-state index in [0.29, 0.717) is 12.1 Å². The Bertz CT molecular complexity index is 651. The molecule has 0 aliphatic heterocycles. The summed E-state index contributed by atoms with van der Waals surface area (Å²) in [4.78, 5) is 0. The van der Waals surface area contributed by atoms with Crippen molar-refractivity contribution in [3.63, 3.8) is 0 Å². The lowest BCUT2D eigenvalue weighted by Crippen LogP contribution is -2.19. The summed E-state index contributed by atoms with van der Waals surface area (Å²) in [5, 5.41) is 16.4. The number of nitrogens with zero attached hydrogens (tertiary/aromatic N) is 2. The van der Waals surface area contributed by atoms with Crippen molar-refractivity contribution in [2.75, 3.05) is 7.11 Å². The van der Waals surface area contributed by atoms with Gasteiger partial charge in [0.15, 0.2) is 0 Å². The van der Waals surface area contributed by atoms with Crippen molar-refractivity contribution in [2.24, 2.45) is 0 Å². The summed E-state index contributed by atoms with van der Waals surface area (Å²) in [7, 11) is 1.63. The second-order valence-corrected chi connectivity index (χ2v) is 4.98. The highest BCUT2D eigenvalue weighted by atomic mass is 16.5. The number of rotatable bonds is 5. The lowest BCUT2D eigenvalue weighted by Gasteiger charge is -2.15. The quantitative estimate of drug-likeness (QED) is 0.914. The molecular weight excluding hydrogens is 266 g/mol. The van der Waals surface area contributed by atoms with E-state index in [4.69, 9.17) is 14.5 Å². The van der Waals surface area contributed by atoms with Gasteiger partial charge >= 0.3 is 0 Å². The fourth-order valence-electron chi connectivity index (χ4n) is 2.46. The first-order valence-corrected chi connectivity index (χ1v) is 6.80. The molecule has 1 aromatic carbocycles. The van der Waals surface area contributed by atoms with E-state index in [9.17, 15) is 0 Å². The molecule has 0 saturated carbocycles. The van der Waals surface area contributed by atoms with Gasteiger partial charge in [-0.15, -0.1) is 0 Å². The third kappa shape index (κ3) is 3.23. The van der Waals surface area contributed by atoms with E-state index < -0.39 is 0 Å². The van der Waals surface area contributed by atoms with Crippen molar-refractivity contribution in [1.82, 2.24) is 10.5 Å². The fourth-order valence-corrected chi connectivity index (χ4v) is 2.46. The molecule has 1 unspecified atom stereocenters. The molecule has 1 atom stereocenters. The molecule has 21 heavy (non-hydrogen) atoms. The SMILES string of the molecule is COc1ccc(C#N)cc1CNC(C)c1c(C)noc1C. The van der Waals surface area contributed by atoms with Crippen LogP contribution in [0.1, 0.15) is 41.1 Å². The summed E-state index contributed by atoms with van der Waals surface area (Å²) in [6.07, 6.45) is 0. The molecule has 0 radical (unpaired) electrons. The number of aryl methyl sites for hydroxylation is 2. The van der Waals surface area contributed by atoms with Crippen LogP contribution in [0, 0.1) is 25.2 Å². The van der Waals surface area contributed by atoms with Gasteiger partial charge in [-0.1, -0.05) is 5.16 Å². The Morgan fingerprint density at radius 2 is 2.19 bits per heavy atom. The molecule has 0 fully saturated rings. The zero-order chi connectivity index (χ0) is 15.4. The Morgan fingerprint density at radius 1 is 1.43 bits per heavy atom. The largest absolute Gasteiger partial charge is 0.496 e. The number of aromatic nitrogens is 1. The van der Waals surface area contributed by atoms with E-state index in [1.54, 1.807) is 13.2 Å². The Labute approximate surface area is 124 Å². The molecule has 0 spiro atoms. The Kier molecular flexibility index (Phi) is 4.61. The van der Waals surface area contributed by atoms with Crippen molar-refractivity contribution in [3.05, 3.63) is 46.3 Å². The van der Waals surface area contributed by atoms with Crippen LogP contribution in [0.3, 0.4) is 0 Å². The van der Waals surface area contributed by atoms with Crippen molar-refractivity contribution in [1.29, 1.82) is 5.26 Å². The topological polar surface area (TPSA) is 71.1 Å². The van der Waals surface area contributed by atoms with Gasteiger partial charge in [-0.2, -0.15) is 5.26 Å². The molecule has 2 aromatic rings. The van der Waals surface area contributed by atoms with Crippen LogP contribution in [0.2, 0.25) is 0 Å². The van der Waals surface area contributed by atoms with Crippen LogP contribution in [-0.2, 0) is 6.54 Å². The van der Waals surface area contributed by atoms with Gasteiger partial charge in [-0.3, -0.25) is 0 Å². The Morgan fingerprint density at radius 3 is 2.76 bits per heavy atom. The molecule has 110 valence electrons. The normalized spacial score (nSPS) is 12.0. The molecule has 0 aliphatic carbocycles. The molecule has 0 amide bonds. The number of nitrogens with one attached hydrogen (secondary N) is 1. The standard InChI is InChI=1S/C16H19N3O2/c1-10(16-11(2)19-21-12(16)3)18-9-14-7-13(8-17)5-6-15(14)20-4/h5-7,10,18H,9H2,1-4H3. The average Bonchev–Trinajstić information content (AvgIpc) is 2.83. The molecule has 0 bridgehead atoms. The minimum atomic E-state index is 0.103. The molecule has 5 nitrogen and oxygen atoms in total. The van der Waals surface area contributed by atoms with Crippen LogP contribution in [-0.4, -0.2) is 12.3 Å². The van der Waals surface area contributed by atoms with Crippen LogP contribution in [0.25, 0.3) is 0 Å². The smallest absolute Gasteiger partial charge is 0.138 e. The summed E-state index contributed by atoms with van der Waals surface area (Å²) < 4.78 is 10.5. The summed E-state index contributed by atoms with van der Waals surface area (Å²) in [6.45, 7) is 6.50. The number of hydrogen-bond acceptors (Lipinski definition) is 5. The van der Waals surface area contributed by atoms with Gasteiger partial charge in [0.05, 0.1) is 24.4 Å². The minimum absolute atomic E-state index is 0.103. The first-order chi connectivity index (χ1) is 10.1. The first kappa shape index (κ1) is 15.1. The predicted octanol–water partition coefficient (Wildman–Crippen LogP) is 3.02. The number of hydrogen-bond donors (Lipinski definition) is 1. The van der Waals surface area contributed by atoms with E-state index in [-0.39, 0.29) is 6.04 Å². The van der Waals surface area contributed by atoms with Crippen LogP contribution in [0.4, 0.5) is 0 Å². The fraction of sp³-hybridized carbons (Fsp3) is 0.375. The van der Waals surface area contributed by atoms with Gasteiger partial charge in [0.1, 0.15) is 11.5 Å². The number of benzene rings is 1. The van der Waals surface area contributed by atoms with E-state index in [0.717, 1.165) is 28.3 Å². The Hall–Kier alpha value is -2.32. The molecular formula is C16H19N3O2. The lowest BCUT2D eigenvalue weighted by atomic mass is 10.1. The average molecular weight is 285 g/mol. The van der Waals surface area contributed by atoms with E-state index in [1.165, 1.54) is 0 Å². The summed E-state index contributed by atoms with van der Waals surface area (Å²) in [5.74, 6) is 1.60. The Balaban J connectivity index is 2.14. The third-order valence-electron chi connectivity index (χ3n) is 3.53. The van der Waals surface area contributed by atoms with E-state index in [2.05, 4.69) is 23.5 Å². The summed E-state index contributed by atoms with van der Waals surface area (Å²) in [6, 6.07) is 7.65. The lowest BCUT2D eigenvalue weighted by molar-refractivity contribution is 0.390. The summed E-state index contributed by atoms with van der Waals surface area (Å²) in [5.41, 5.74) is 3.54. The van der Waals surface area contributed by atoms with Gasteiger partial charge < -0.3 is 14.6 Å². The van der Waals surface area contributed by atoms with E-state index in [1.807, 2.05) is 26.0 Å². The minimum Gasteiger partial charge on any atom is -0.496 e. The van der Waals surface area contributed by atoms with Gasteiger partial charge in [0, 0.05) is 23.7 Å². The van der Waals surface area contributed by atoms with Crippen LogP contribution in [0.5, 0.6) is 5.75 Å². The highest BCUT2D eigenvalue weighted by Crippen LogP contribution is 2.23. The third-order valence-corrected chi connectivity index (χ3v) is 3.53. The van der Waals surface area contributed by atoms with Gasteiger partial charge in [-0.05, 0) is 39.0 Å². The maximum Gasteiger partial charge on any atom is 0.138 e. The zero-order valence-corrected chi connectivity index (χ0v) is 12.7. The summed E-state index contributed by atoms with van der Waals surface area (Å²) >= 11 is 0. The molecule has 0 aliphatic rings. The van der Waals surface area contributed by atoms with Crippen molar-refractivity contribution in [3.8, 4) is 11.8 Å². The zero-order valence-electron chi connectivity index (χ0n) is 12.7. The first-order valence-electron chi connectivity index (χ1n) is 6.80. The highest BCUT2D eigenvalue weighted by molar-refractivity contribution is 5.42. The molecule has 1 heterocycles. The predicted molar refractivity (Wildman–Crippen MR) is 78.9 cm³/mol. The second-order valence-electron chi connectivity index (χ2n) is 4.98. The van der Waals surface area contributed by atoms with Crippen LogP contribution >= 0.6 is 0 Å². The molecule has 0 saturated heterocycles. The van der Waals surface area contributed by atoms with Crippen molar-refractivity contribution in [2.45, 2.75) is 33.4 Å². The van der Waals surface area contributed by atoms with Crippen LogP contribution in [0.15, 0.2) is 22.7 Å². The maximum absolute atomic E-state index is 8.99. The monoisotopic (exact) mass is 285 g/mol. The highest BCUT2D eigenvalue weighted by Gasteiger charge is 2.16. The molecule has 1 aromatic heterocycles. The molecule has 2 rings (SSSR count). The van der Waals surface area contributed by atoms with E-state index >= 15 is 0 Å². The second kappa shape index (κ2) is 6.42. The van der Waals surface area contributed by atoms with Gasteiger partial charge in [-0.25, -0.2) is 0 Å². The maximum atomic E-state index is 8.99. The molecule has 1 N–H and O–H groups in total. The van der Waals surface area contributed by atoms with Crippen LogP contribution < -0.4 is 10.1 Å². The van der Waals surface area contributed by atoms with Gasteiger partial charge in [0.2, 0.25) is 0 Å². The number of methoxy groups -OCH3 is 1. The number of ether oxygens (including phenoxy) is 1. The number of nitriles is 1. The van der Waals surface area contributed by atoms with Gasteiger partial charge in [0.25, 0.3) is 0 Å².